The van der Waals surface area contributed by atoms with Gasteiger partial charge in [0.1, 0.15) is 0 Å². The maximum atomic E-state index is 11.9. The molecule has 0 saturated heterocycles. The normalized spacial score (nSPS) is 11.9. The number of carboxylic acids is 1. The fourth-order valence-electron chi connectivity index (χ4n) is 1.62. The van der Waals surface area contributed by atoms with Gasteiger partial charge < -0.3 is 15.3 Å². The van der Waals surface area contributed by atoms with Crippen molar-refractivity contribution in [1.82, 2.24) is 20.0 Å². The molecule has 7 heteroatoms. The number of hydrogen-bond donors (Lipinski definition) is 2. The predicted molar refractivity (Wildman–Crippen MR) is 69.5 cm³/mol. The molecule has 1 aromatic heterocycles. The fraction of sp³-hybridized carbons (Fsp3) is 0.583. The molecule has 0 aliphatic heterocycles. The van der Waals surface area contributed by atoms with Gasteiger partial charge in [0.05, 0.1) is 18.2 Å². The van der Waals surface area contributed by atoms with E-state index in [1.807, 2.05) is 13.0 Å². The number of urea groups is 1. The largest absolute Gasteiger partial charge is 0.481 e. The van der Waals surface area contributed by atoms with Crippen LogP contribution in [0.2, 0.25) is 0 Å². The SMILES string of the molecule is CCN(CC(C)C(=O)O)C(=O)NCc1ccnn1C. The molecular formula is C12H20N4O3. The minimum Gasteiger partial charge on any atom is -0.481 e. The van der Waals surface area contributed by atoms with Crippen molar-refractivity contribution < 1.29 is 14.7 Å². The molecule has 0 fully saturated rings. The van der Waals surface area contributed by atoms with E-state index in [-0.39, 0.29) is 12.6 Å². The lowest BCUT2D eigenvalue weighted by atomic mass is 10.2. The van der Waals surface area contributed by atoms with Crippen molar-refractivity contribution in [2.24, 2.45) is 13.0 Å². The van der Waals surface area contributed by atoms with E-state index in [1.165, 1.54) is 4.90 Å². The highest BCUT2D eigenvalue weighted by molar-refractivity contribution is 5.75. The number of aromatic nitrogens is 2. The minimum atomic E-state index is -0.905. The molecule has 1 atom stereocenters. The summed E-state index contributed by atoms with van der Waals surface area (Å²) >= 11 is 0. The van der Waals surface area contributed by atoms with E-state index in [9.17, 15) is 9.59 Å². The Balaban J connectivity index is 2.50. The van der Waals surface area contributed by atoms with Crippen LogP contribution in [0.4, 0.5) is 4.79 Å². The number of hydrogen-bond acceptors (Lipinski definition) is 3. The molecule has 1 heterocycles. The number of amides is 2. The molecule has 0 aliphatic carbocycles. The summed E-state index contributed by atoms with van der Waals surface area (Å²) in [4.78, 5) is 24.2. The lowest BCUT2D eigenvalue weighted by Gasteiger charge is -2.23. The van der Waals surface area contributed by atoms with Crippen molar-refractivity contribution in [3.63, 3.8) is 0 Å². The Hall–Kier alpha value is -2.05. The molecule has 1 aromatic rings. The van der Waals surface area contributed by atoms with E-state index >= 15 is 0 Å². The first-order valence-corrected chi connectivity index (χ1v) is 6.18. The predicted octanol–water partition coefficient (Wildman–Crippen LogP) is 0.672. The first-order chi connectivity index (χ1) is 8.95. The zero-order chi connectivity index (χ0) is 14.4. The molecule has 106 valence electrons. The Morgan fingerprint density at radius 3 is 2.74 bits per heavy atom. The van der Waals surface area contributed by atoms with Gasteiger partial charge in [0.2, 0.25) is 0 Å². The van der Waals surface area contributed by atoms with Crippen LogP contribution >= 0.6 is 0 Å². The highest BCUT2D eigenvalue weighted by Gasteiger charge is 2.19. The van der Waals surface area contributed by atoms with Crippen LogP contribution in [-0.4, -0.2) is 44.9 Å². The van der Waals surface area contributed by atoms with Crippen molar-refractivity contribution in [3.05, 3.63) is 18.0 Å². The van der Waals surface area contributed by atoms with Crippen LogP contribution in [0.3, 0.4) is 0 Å². The van der Waals surface area contributed by atoms with Gasteiger partial charge in [0.25, 0.3) is 0 Å². The molecule has 1 rings (SSSR count). The Bertz CT molecular complexity index is 444. The zero-order valence-corrected chi connectivity index (χ0v) is 11.5. The van der Waals surface area contributed by atoms with Crippen LogP contribution in [0.5, 0.6) is 0 Å². The topological polar surface area (TPSA) is 87.5 Å². The number of aliphatic carboxylic acids is 1. The van der Waals surface area contributed by atoms with Gasteiger partial charge in [-0.15, -0.1) is 0 Å². The van der Waals surface area contributed by atoms with Crippen LogP contribution in [-0.2, 0) is 18.4 Å². The summed E-state index contributed by atoms with van der Waals surface area (Å²) in [5.41, 5.74) is 0.885. The minimum absolute atomic E-state index is 0.197. The average molecular weight is 268 g/mol. The Kier molecular flexibility index (Phi) is 5.35. The van der Waals surface area contributed by atoms with Crippen LogP contribution in [0.25, 0.3) is 0 Å². The number of nitrogens with zero attached hydrogens (tertiary/aromatic N) is 3. The molecule has 0 radical (unpaired) electrons. The van der Waals surface area contributed by atoms with E-state index in [0.717, 1.165) is 5.69 Å². The monoisotopic (exact) mass is 268 g/mol. The molecule has 0 spiro atoms. The van der Waals surface area contributed by atoms with Gasteiger partial charge in [0, 0.05) is 26.3 Å². The average Bonchev–Trinajstić information content (AvgIpc) is 2.78. The molecule has 0 bridgehead atoms. The van der Waals surface area contributed by atoms with Crippen molar-refractivity contribution >= 4 is 12.0 Å². The van der Waals surface area contributed by atoms with Crippen molar-refractivity contribution in [2.45, 2.75) is 20.4 Å². The quantitative estimate of drug-likeness (QED) is 0.794. The molecule has 2 N–H and O–H groups in total. The summed E-state index contributed by atoms with van der Waals surface area (Å²) in [6.45, 7) is 4.43. The van der Waals surface area contributed by atoms with Crippen molar-refractivity contribution in [3.8, 4) is 0 Å². The number of carbonyl (C=O) groups excluding carboxylic acids is 1. The maximum Gasteiger partial charge on any atom is 0.317 e. The molecule has 1 unspecified atom stereocenters. The van der Waals surface area contributed by atoms with Gasteiger partial charge in [-0.05, 0) is 13.0 Å². The third-order valence-electron chi connectivity index (χ3n) is 2.93. The Morgan fingerprint density at radius 2 is 2.26 bits per heavy atom. The summed E-state index contributed by atoms with van der Waals surface area (Å²) in [6, 6.07) is 1.55. The summed E-state index contributed by atoms with van der Waals surface area (Å²) in [5.74, 6) is -1.49. The molecule has 7 nitrogen and oxygen atoms in total. The zero-order valence-electron chi connectivity index (χ0n) is 11.5. The third-order valence-corrected chi connectivity index (χ3v) is 2.93. The Morgan fingerprint density at radius 1 is 1.58 bits per heavy atom. The van der Waals surface area contributed by atoms with Crippen molar-refractivity contribution in [1.29, 1.82) is 0 Å². The second kappa shape index (κ2) is 6.77. The number of rotatable bonds is 6. The first-order valence-electron chi connectivity index (χ1n) is 6.18. The molecule has 0 aromatic carbocycles. The van der Waals surface area contributed by atoms with E-state index in [0.29, 0.717) is 13.1 Å². The van der Waals surface area contributed by atoms with E-state index < -0.39 is 11.9 Å². The van der Waals surface area contributed by atoms with Crippen molar-refractivity contribution in [2.75, 3.05) is 13.1 Å². The van der Waals surface area contributed by atoms with Crippen LogP contribution in [0.15, 0.2) is 12.3 Å². The van der Waals surface area contributed by atoms with E-state index in [4.69, 9.17) is 5.11 Å². The highest BCUT2D eigenvalue weighted by atomic mass is 16.4. The highest BCUT2D eigenvalue weighted by Crippen LogP contribution is 2.02. The van der Waals surface area contributed by atoms with Crippen LogP contribution < -0.4 is 5.32 Å². The number of carboxylic acid groups (broad SMARTS) is 1. The third kappa shape index (κ3) is 4.27. The lowest BCUT2D eigenvalue weighted by molar-refractivity contribution is -0.141. The maximum absolute atomic E-state index is 11.9. The van der Waals surface area contributed by atoms with Gasteiger partial charge in [-0.3, -0.25) is 9.48 Å². The van der Waals surface area contributed by atoms with Crippen LogP contribution in [0.1, 0.15) is 19.5 Å². The van der Waals surface area contributed by atoms with E-state index in [1.54, 1.807) is 24.9 Å². The van der Waals surface area contributed by atoms with Gasteiger partial charge in [0.15, 0.2) is 0 Å². The van der Waals surface area contributed by atoms with Gasteiger partial charge in [-0.25, -0.2) is 4.79 Å². The first kappa shape index (κ1) is 15.0. The van der Waals surface area contributed by atoms with Gasteiger partial charge in [-0.2, -0.15) is 5.10 Å². The molecule has 19 heavy (non-hydrogen) atoms. The summed E-state index contributed by atoms with van der Waals surface area (Å²) in [7, 11) is 1.80. The summed E-state index contributed by atoms with van der Waals surface area (Å²) < 4.78 is 1.68. The molecule has 0 aliphatic rings. The Labute approximate surface area is 112 Å². The number of nitrogens with one attached hydrogen (secondary N) is 1. The summed E-state index contributed by atoms with van der Waals surface area (Å²) in [6.07, 6.45) is 1.66. The van der Waals surface area contributed by atoms with Gasteiger partial charge in [-0.1, -0.05) is 6.92 Å². The van der Waals surface area contributed by atoms with Crippen LogP contribution in [0, 0.1) is 5.92 Å². The number of aryl methyl sites for hydroxylation is 1. The second-order valence-corrected chi connectivity index (χ2v) is 4.38. The smallest absolute Gasteiger partial charge is 0.317 e. The second-order valence-electron chi connectivity index (χ2n) is 4.38. The molecular weight excluding hydrogens is 248 g/mol. The lowest BCUT2D eigenvalue weighted by Crippen LogP contribution is -2.43. The standard InChI is InChI=1S/C12H20N4O3/c1-4-16(8-9(2)11(17)18)12(19)13-7-10-5-6-14-15(10)3/h5-6,9H,4,7-8H2,1-3H3,(H,13,19)(H,17,18). The fourth-order valence-corrected chi connectivity index (χ4v) is 1.62. The van der Waals surface area contributed by atoms with Gasteiger partial charge >= 0.3 is 12.0 Å². The molecule has 2 amide bonds. The summed E-state index contributed by atoms with van der Waals surface area (Å²) in [5, 5.41) is 15.6. The number of carbonyl (C=O) groups is 2. The van der Waals surface area contributed by atoms with E-state index in [2.05, 4.69) is 10.4 Å². The molecule has 0 saturated carbocycles.